The van der Waals surface area contributed by atoms with E-state index in [0.717, 1.165) is 83.5 Å². The number of ether oxygens (including phenoxy) is 2. The Kier molecular flexibility index (Phi) is 43.9. The van der Waals surface area contributed by atoms with Crippen LogP contribution in [-0.2, 0) is 27.9 Å². The van der Waals surface area contributed by atoms with E-state index >= 15 is 0 Å². The van der Waals surface area contributed by atoms with Crippen LogP contribution in [0.25, 0.3) is 0 Å². The van der Waals surface area contributed by atoms with Gasteiger partial charge in [0.15, 0.2) is 0 Å². The van der Waals surface area contributed by atoms with Crippen LogP contribution in [0.15, 0.2) is 85.1 Å². The SMILES string of the molecule is CC/C=C\C/C=C\C/C=C\C/C=C\CCCCCCCCCCCOCC(COP(=O)(O)OCCN)OC(=O)CCCCCCCCC/C=C\C/C=C\C/C=C\CC. The van der Waals surface area contributed by atoms with E-state index in [4.69, 9.17) is 24.3 Å². The summed E-state index contributed by atoms with van der Waals surface area (Å²) in [6, 6.07) is 0. The maximum atomic E-state index is 12.6. The van der Waals surface area contributed by atoms with Crippen LogP contribution in [0, 0.1) is 0 Å². The van der Waals surface area contributed by atoms with E-state index < -0.39 is 13.9 Å². The summed E-state index contributed by atoms with van der Waals surface area (Å²) >= 11 is 0. The topological polar surface area (TPSA) is 117 Å². The molecule has 2 atom stereocenters. The van der Waals surface area contributed by atoms with E-state index in [0.29, 0.717) is 13.0 Å². The Bertz CT molecular complexity index is 1160. The fourth-order valence-corrected chi connectivity index (χ4v) is 6.77. The third-order valence-corrected chi connectivity index (χ3v) is 10.3. The zero-order valence-electron chi connectivity index (χ0n) is 37.0. The number of esters is 1. The van der Waals surface area contributed by atoms with Crippen molar-refractivity contribution in [3.05, 3.63) is 85.1 Å². The number of nitrogens with two attached hydrogens (primary N) is 1. The molecule has 0 aliphatic carbocycles. The summed E-state index contributed by atoms with van der Waals surface area (Å²) < 4.78 is 33.5. The Morgan fingerprint density at radius 3 is 1.36 bits per heavy atom. The van der Waals surface area contributed by atoms with Gasteiger partial charge in [-0.05, 0) is 83.5 Å². The first-order valence-corrected chi connectivity index (χ1v) is 24.6. The fraction of sp³-hybridized carbons (Fsp3) is 0.694. The van der Waals surface area contributed by atoms with E-state index in [1.54, 1.807) is 0 Å². The summed E-state index contributed by atoms with van der Waals surface area (Å²) in [6.45, 7) is 4.66. The first-order valence-electron chi connectivity index (χ1n) is 23.1. The number of phosphoric acid groups is 1. The molecule has 0 aliphatic rings. The number of allylic oxidation sites excluding steroid dienone is 14. The molecule has 0 aromatic carbocycles. The number of hydrogen-bond acceptors (Lipinski definition) is 7. The van der Waals surface area contributed by atoms with Crippen LogP contribution in [0.2, 0.25) is 0 Å². The quantitative estimate of drug-likeness (QED) is 0.0270. The lowest BCUT2D eigenvalue weighted by Crippen LogP contribution is -2.28. The number of phosphoric ester groups is 1. The normalized spacial score (nSPS) is 14.2. The molecule has 0 heterocycles. The van der Waals surface area contributed by atoms with Gasteiger partial charge in [-0.25, -0.2) is 4.57 Å². The Morgan fingerprint density at radius 1 is 0.517 bits per heavy atom. The molecule has 0 aromatic rings. The van der Waals surface area contributed by atoms with Crippen LogP contribution < -0.4 is 5.73 Å². The molecule has 0 rings (SSSR count). The van der Waals surface area contributed by atoms with Crippen LogP contribution in [0.5, 0.6) is 0 Å². The number of unbranched alkanes of at least 4 members (excludes halogenated alkanes) is 16. The molecule has 9 heteroatoms. The molecule has 0 amide bonds. The minimum atomic E-state index is -4.29. The molecule has 0 aliphatic heterocycles. The maximum absolute atomic E-state index is 12.6. The number of carbonyl (C=O) groups is 1. The van der Waals surface area contributed by atoms with Gasteiger partial charge in [0.05, 0.1) is 19.8 Å². The van der Waals surface area contributed by atoms with Crippen molar-refractivity contribution in [3.8, 4) is 0 Å². The van der Waals surface area contributed by atoms with Crippen molar-refractivity contribution in [1.29, 1.82) is 0 Å². The van der Waals surface area contributed by atoms with Crippen LogP contribution in [0.1, 0.15) is 181 Å². The van der Waals surface area contributed by atoms with E-state index in [1.165, 1.54) is 77.0 Å². The molecular weight excluding hydrogens is 746 g/mol. The van der Waals surface area contributed by atoms with Crippen LogP contribution in [0.3, 0.4) is 0 Å². The predicted octanol–water partition coefficient (Wildman–Crippen LogP) is 14.1. The second-order valence-corrected chi connectivity index (χ2v) is 16.3. The molecule has 2 unspecified atom stereocenters. The van der Waals surface area contributed by atoms with Gasteiger partial charge in [0.25, 0.3) is 0 Å². The molecular formula is C49H86NO7P. The van der Waals surface area contributed by atoms with Crippen molar-refractivity contribution in [2.24, 2.45) is 5.73 Å². The van der Waals surface area contributed by atoms with Crippen LogP contribution >= 0.6 is 7.82 Å². The average molecular weight is 832 g/mol. The molecule has 3 N–H and O–H groups in total. The fourth-order valence-electron chi connectivity index (χ4n) is 6.00. The number of hydrogen-bond donors (Lipinski definition) is 2. The molecule has 0 fully saturated rings. The van der Waals surface area contributed by atoms with Crippen molar-refractivity contribution in [1.82, 2.24) is 0 Å². The zero-order chi connectivity index (χ0) is 42.3. The average Bonchev–Trinajstić information content (AvgIpc) is 3.21. The molecule has 0 bridgehead atoms. The highest BCUT2D eigenvalue weighted by Gasteiger charge is 2.25. The van der Waals surface area contributed by atoms with Crippen LogP contribution in [0.4, 0.5) is 0 Å². The summed E-state index contributed by atoms with van der Waals surface area (Å²) in [7, 11) is -4.29. The van der Waals surface area contributed by atoms with Gasteiger partial charge < -0.3 is 20.1 Å². The second kappa shape index (κ2) is 45.8. The minimum absolute atomic E-state index is 0.0931. The Morgan fingerprint density at radius 2 is 0.914 bits per heavy atom. The van der Waals surface area contributed by atoms with E-state index in [-0.39, 0.29) is 32.3 Å². The van der Waals surface area contributed by atoms with Gasteiger partial charge in [-0.3, -0.25) is 13.8 Å². The highest BCUT2D eigenvalue weighted by Crippen LogP contribution is 2.43. The number of carbonyl (C=O) groups excluding carboxylic acids is 1. The monoisotopic (exact) mass is 832 g/mol. The van der Waals surface area contributed by atoms with Gasteiger partial charge in [-0.2, -0.15) is 0 Å². The summed E-state index contributed by atoms with van der Waals surface area (Å²) in [5, 5.41) is 0. The van der Waals surface area contributed by atoms with Gasteiger partial charge in [0.2, 0.25) is 0 Å². The lowest BCUT2D eigenvalue weighted by molar-refractivity contribution is -0.154. The lowest BCUT2D eigenvalue weighted by atomic mass is 10.1. The molecule has 0 radical (unpaired) electrons. The predicted molar refractivity (Wildman–Crippen MR) is 247 cm³/mol. The molecule has 0 spiro atoms. The number of rotatable bonds is 43. The van der Waals surface area contributed by atoms with Crippen molar-refractivity contribution >= 4 is 13.8 Å². The van der Waals surface area contributed by atoms with Crippen molar-refractivity contribution in [2.75, 3.05) is 33.0 Å². The van der Waals surface area contributed by atoms with Gasteiger partial charge >= 0.3 is 13.8 Å². The molecule has 58 heavy (non-hydrogen) atoms. The molecule has 0 aromatic heterocycles. The zero-order valence-corrected chi connectivity index (χ0v) is 37.9. The third kappa shape index (κ3) is 44.8. The van der Waals surface area contributed by atoms with Gasteiger partial charge in [0, 0.05) is 19.6 Å². The first-order chi connectivity index (χ1) is 28.4. The Hall–Kier alpha value is -2.32. The van der Waals surface area contributed by atoms with Gasteiger partial charge in [0.1, 0.15) is 6.10 Å². The summed E-state index contributed by atoms with van der Waals surface area (Å²) in [5.41, 5.74) is 5.38. The Balaban J connectivity index is 4.03. The summed E-state index contributed by atoms with van der Waals surface area (Å²) in [6.07, 6.45) is 58.9. The molecule has 334 valence electrons. The summed E-state index contributed by atoms with van der Waals surface area (Å²) in [4.78, 5) is 22.5. The van der Waals surface area contributed by atoms with Crippen molar-refractivity contribution in [2.45, 2.75) is 187 Å². The third-order valence-electron chi connectivity index (χ3n) is 9.31. The first kappa shape index (κ1) is 55.7. The lowest BCUT2D eigenvalue weighted by Gasteiger charge is -2.20. The highest BCUT2D eigenvalue weighted by atomic mass is 31.2. The van der Waals surface area contributed by atoms with Crippen molar-refractivity contribution in [3.63, 3.8) is 0 Å². The van der Waals surface area contributed by atoms with Gasteiger partial charge in [-0.15, -0.1) is 0 Å². The highest BCUT2D eigenvalue weighted by molar-refractivity contribution is 7.47. The standard InChI is InChI=1S/C49H86NO7P/c1-3-5-7-9-11-13-15-17-19-21-22-23-24-25-27-29-31-33-35-37-39-41-44-54-46-48(47-56-58(52,53)55-45-43-50)57-49(51)42-40-38-36-34-32-30-28-26-20-18-16-14-12-10-8-6-4-2/h5-8,11-14,17-20,22-23,48H,3-4,9-10,15-16,21,24-47,50H2,1-2H3,(H,52,53)/b7-5-,8-6-,13-11-,14-12-,19-17-,20-18-,23-22-. The summed E-state index contributed by atoms with van der Waals surface area (Å²) in [5.74, 6) is -0.346. The molecule has 8 nitrogen and oxygen atoms in total. The van der Waals surface area contributed by atoms with E-state index in [2.05, 4.69) is 98.9 Å². The maximum Gasteiger partial charge on any atom is 0.472 e. The largest absolute Gasteiger partial charge is 0.472 e. The van der Waals surface area contributed by atoms with Gasteiger partial charge in [-0.1, -0.05) is 176 Å². The molecule has 0 saturated carbocycles. The second-order valence-electron chi connectivity index (χ2n) is 14.9. The smallest absolute Gasteiger partial charge is 0.457 e. The van der Waals surface area contributed by atoms with Crippen molar-refractivity contribution < 1.29 is 32.8 Å². The van der Waals surface area contributed by atoms with E-state index in [9.17, 15) is 14.3 Å². The Labute approximate surface area is 356 Å². The van der Waals surface area contributed by atoms with E-state index in [1.807, 2.05) is 0 Å². The minimum Gasteiger partial charge on any atom is -0.457 e. The molecule has 0 saturated heterocycles. The van der Waals surface area contributed by atoms with Crippen LogP contribution in [-0.4, -0.2) is 49.9 Å².